The molecule has 1 rings (SSSR count). The third-order valence-electron chi connectivity index (χ3n) is 2.06. The van der Waals surface area contributed by atoms with Gasteiger partial charge in [0.05, 0.1) is 19.1 Å². The maximum Gasteiger partial charge on any atom is 0.308 e. The molecule has 0 bridgehead atoms. The second-order valence-corrected chi connectivity index (χ2v) is 3.31. The maximum absolute atomic E-state index is 13.2. The van der Waals surface area contributed by atoms with E-state index < -0.39 is 41.5 Å². The minimum atomic E-state index is -1.57. The van der Waals surface area contributed by atoms with E-state index in [-0.39, 0.29) is 6.61 Å². The number of esters is 1. The molecule has 3 nitrogen and oxygen atoms in total. The molecule has 0 aliphatic carbocycles. The molecule has 1 atom stereocenters. The first-order valence-corrected chi connectivity index (χ1v) is 4.93. The lowest BCUT2D eigenvalue weighted by molar-refractivity contribution is -0.145. The number of hydrogen-bond acceptors (Lipinski definition) is 3. The third-order valence-corrected chi connectivity index (χ3v) is 2.06. The number of rotatable bonds is 4. The van der Waals surface area contributed by atoms with Crippen LogP contribution in [0.25, 0.3) is 0 Å². The average molecular weight is 248 g/mol. The fourth-order valence-electron chi connectivity index (χ4n) is 1.28. The lowest BCUT2D eigenvalue weighted by Crippen LogP contribution is -2.11. The van der Waals surface area contributed by atoms with E-state index in [0.29, 0.717) is 12.1 Å². The first kappa shape index (κ1) is 13.5. The summed E-state index contributed by atoms with van der Waals surface area (Å²) < 4.78 is 43.2. The Morgan fingerprint density at radius 1 is 1.29 bits per heavy atom. The Bertz CT molecular complexity index is 421. The Labute approximate surface area is 95.8 Å². The van der Waals surface area contributed by atoms with Crippen molar-refractivity contribution in [1.29, 1.82) is 0 Å². The predicted octanol–water partition coefficient (Wildman–Crippen LogP) is 2.09. The highest BCUT2D eigenvalue weighted by Gasteiger charge is 2.20. The van der Waals surface area contributed by atoms with Crippen LogP contribution in [0.4, 0.5) is 13.2 Å². The molecule has 0 aromatic heterocycles. The summed E-state index contributed by atoms with van der Waals surface area (Å²) in [4.78, 5) is 11.0. The van der Waals surface area contributed by atoms with Crippen molar-refractivity contribution in [1.82, 2.24) is 0 Å². The zero-order chi connectivity index (χ0) is 13.0. The fourth-order valence-corrected chi connectivity index (χ4v) is 1.28. The van der Waals surface area contributed by atoms with Crippen LogP contribution in [0.15, 0.2) is 12.1 Å². The van der Waals surface area contributed by atoms with Gasteiger partial charge in [-0.1, -0.05) is 0 Å². The first-order chi connectivity index (χ1) is 7.95. The second-order valence-electron chi connectivity index (χ2n) is 3.31. The second kappa shape index (κ2) is 5.67. The van der Waals surface area contributed by atoms with Crippen LogP contribution in [0.1, 0.15) is 25.0 Å². The van der Waals surface area contributed by atoms with Gasteiger partial charge in [0.25, 0.3) is 0 Å². The van der Waals surface area contributed by atoms with Crippen molar-refractivity contribution < 1.29 is 27.8 Å². The van der Waals surface area contributed by atoms with E-state index in [0.717, 1.165) is 0 Å². The highest BCUT2D eigenvalue weighted by molar-refractivity contribution is 5.70. The minimum Gasteiger partial charge on any atom is -0.466 e. The van der Waals surface area contributed by atoms with Crippen LogP contribution >= 0.6 is 0 Å². The van der Waals surface area contributed by atoms with E-state index >= 15 is 0 Å². The minimum absolute atomic E-state index is 0.117. The monoisotopic (exact) mass is 248 g/mol. The van der Waals surface area contributed by atoms with Crippen molar-refractivity contribution in [2.24, 2.45) is 0 Å². The maximum atomic E-state index is 13.2. The smallest absolute Gasteiger partial charge is 0.308 e. The molecule has 1 unspecified atom stereocenters. The summed E-state index contributed by atoms with van der Waals surface area (Å²) >= 11 is 0. The molecule has 1 aromatic rings. The molecule has 0 aliphatic rings. The van der Waals surface area contributed by atoms with Gasteiger partial charge in [0.15, 0.2) is 11.6 Å². The van der Waals surface area contributed by atoms with Crippen LogP contribution in [-0.2, 0) is 9.53 Å². The molecule has 0 saturated carbocycles. The van der Waals surface area contributed by atoms with E-state index in [1.54, 1.807) is 6.92 Å². The molecule has 0 aliphatic heterocycles. The van der Waals surface area contributed by atoms with Gasteiger partial charge in [-0.05, 0) is 13.0 Å². The Morgan fingerprint density at radius 3 is 2.47 bits per heavy atom. The van der Waals surface area contributed by atoms with Crippen molar-refractivity contribution in [3.63, 3.8) is 0 Å². The van der Waals surface area contributed by atoms with Crippen LogP contribution in [0.5, 0.6) is 0 Å². The van der Waals surface area contributed by atoms with Crippen LogP contribution in [-0.4, -0.2) is 17.7 Å². The molecule has 1 aromatic carbocycles. The fraction of sp³-hybridized carbons (Fsp3) is 0.364. The highest BCUT2D eigenvalue weighted by Crippen LogP contribution is 2.23. The van der Waals surface area contributed by atoms with Gasteiger partial charge in [0, 0.05) is 11.6 Å². The third kappa shape index (κ3) is 3.45. The summed E-state index contributed by atoms with van der Waals surface area (Å²) in [6.07, 6.45) is -2.08. The van der Waals surface area contributed by atoms with Gasteiger partial charge in [-0.3, -0.25) is 4.79 Å². The molecular formula is C11H11F3O3. The van der Waals surface area contributed by atoms with Crippen molar-refractivity contribution in [3.05, 3.63) is 35.1 Å². The van der Waals surface area contributed by atoms with Gasteiger partial charge in [0.1, 0.15) is 5.82 Å². The van der Waals surface area contributed by atoms with Crippen LogP contribution < -0.4 is 0 Å². The van der Waals surface area contributed by atoms with Crippen molar-refractivity contribution in [2.45, 2.75) is 19.4 Å². The molecular weight excluding hydrogens is 237 g/mol. The molecule has 94 valence electrons. The predicted molar refractivity (Wildman–Crippen MR) is 52.5 cm³/mol. The Kier molecular flexibility index (Phi) is 4.51. The zero-order valence-corrected chi connectivity index (χ0v) is 9.04. The molecule has 0 heterocycles. The van der Waals surface area contributed by atoms with E-state index in [1.807, 2.05) is 0 Å². The number of aliphatic hydroxyl groups is 1. The lowest BCUT2D eigenvalue weighted by Gasteiger charge is -2.11. The topological polar surface area (TPSA) is 46.5 Å². The highest BCUT2D eigenvalue weighted by atomic mass is 19.2. The molecule has 1 N–H and O–H groups in total. The molecule has 0 spiro atoms. The van der Waals surface area contributed by atoms with Crippen LogP contribution in [0, 0.1) is 17.5 Å². The van der Waals surface area contributed by atoms with Crippen molar-refractivity contribution in [2.75, 3.05) is 6.61 Å². The van der Waals surface area contributed by atoms with E-state index in [4.69, 9.17) is 0 Å². The molecule has 17 heavy (non-hydrogen) atoms. The molecule has 0 radical (unpaired) electrons. The standard InChI is InChI=1S/C11H11F3O3/c1-2-17-11(16)5-10(15)6-3-8(13)9(14)4-7(6)12/h3-4,10,15H,2,5H2,1H3. The molecule has 0 fully saturated rings. The van der Waals surface area contributed by atoms with Gasteiger partial charge >= 0.3 is 5.97 Å². The van der Waals surface area contributed by atoms with Gasteiger partial charge in [-0.15, -0.1) is 0 Å². The number of carbonyl (C=O) groups excluding carboxylic acids is 1. The zero-order valence-electron chi connectivity index (χ0n) is 9.04. The molecule has 6 heteroatoms. The van der Waals surface area contributed by atoms with E-state index in [2.05, 4.69) is 4.74 Å². The first-order valence-electron chi connectivity index (χ1n) is 4.93. The summed E-state index contributed by atoms with van der Waals surface area (Å²) in [7, 11) is 0. The average Bonchev–Trinajstić information content (AvgIpc) is 2.23. The number of aliphatic hydroxyl groups excluding tert-OH is 1. The number of ether oxygens (including phenoxy) is 1. The normalized spacial score (nSPS) is 12.3. The van der Waals surface area contributed by atoms with Crippen LogP contribution in [0.2, 0.25) is 0 Å². The van der Waals surface area contributed by atoms with E-state index in [1.165, 1.54) is 0 Å². The van der Waals surface area contributed by atoms with E-state index in [9.17, 15) is 23.1 Å². The van der Waals surface area contributed by atoms with Gasteiger partial charge in [0.2, 0.25) is 0 Å². The SMILES string of the molecule is CCOC(=O)CC(O)c1cc(F)c(F)cc1F. The summed E-state index contributed by atoms with van der Waals surface area (Å²) in [5.74, 6) is -4.50. The van der Waals surface area contributed by atoms with Crippen molar-refractivity contribution in [3.8, 4) is 0 Å². The van der Waals surface area contributed by atoms with Gasteiger partial charge < -0.3 is 9.84 Å². The van der Waals surface area contributed by atoms with Gasteiger partial charge in [-0.25, -0.2) is 13.2 Å². The largest absolute Gasteiger partial charge is 0.466 e. The summed E-state index contributed by atoms with van der Waals surface area (Å²) in [6.45, 7) is 1.69. The summed E-state index contributed by atoms with van der Waals surface area (Å²) in [5, 5.41) is 9.48. The summed E-state index contributed by atoms with van der Waals surface area (Å²) in [6, 6.07) is 0.841. The quantitative estimate of drug-likeness (QED) is 0.655. The molecule has 0 amide bonds. The Morgan fingerprint density at radius 2 is 1.88 bits per heavy atom. The van der Waals surface area contributed by atoms with Crippen LogP contribution in [0.3, 0.4) is 0 Å². The molecule has 0 saturated heterocycles. The number of carbonyl (C=O) groups is 1. The summed E-state index contributed by atoms with van der Waals surface area (Å²) in [5.41, 5.74) is -0.475. The Hall–Kier alpha value is -1.56. The van der Waals surface area contributed by atoms with Crippen molar-refractivity contribution >= 4 is 5.97 Å². The number of hydrogen-bond donors (Lipinski definition) is 1. The number of halogens is 3. The Balaban J connectivity index is 2.85. The lowest BCUT2D eigenvalue weighted by atomic mass is 10.1. The number of benzene rings is 1. The van der Waals surface area contributed by atoms with Gasteiger partial charge in [-0.2, -0.15) is 0 Å².